The van der Waals surface area contributed by atoms with E-state index >= 15 is 0 Å². The second kappa shape index (κ2) is 8.48. The minimum Gasteiger partial charge on any atom is -0.462 e. The van der Waals surface area contributed by atoms with Crippen molar-refractivity contribution in [3.8, 4) is 0 Å². The van der Waals surface area contributed by atoms with Crippen LogP contribution in [0.4, 0.5) is 5.82 Å². The molecule has 1 aliphatic heterocycles. The highest BCUT2D eigenvalue weighted by molar-refractivity contribution is 5.75. The van der Waals surface area contributed by atoms with Gasteiger partial charge in [-0.15, -0.1) is 0 Å². The van der Waals surface area contributed by atoms with Crippen LogP contribution < -0.4 is 17.2 Å². The number of aliphatic hydroxyl groups excluding tert-OH is 2. The average Bonchev–Trinajstić information content (AvgIpc) is 2.95. The Morgan fingerprint density at radius 2 is 1.96 bits per heavy atom. The van der Waals surface area contributed by atoms with E-state index < -0.39 is 42.2 Å². The summed E-state index contributed by atoms with van der Waals surface area (Å²) in [6.07, 6.45) is -3.40. The van der Waals surface area contributed by atoms with Gasteiger partial charge in [0.25, 0.3) is 0 Å². The van der Waals surface area contributed by atoms with Crippen LogP contribution in [0.25, 0.3) is 0 Å². The molecule has 0 aliphatic carbocycles. The van der Waals surface area contributed by atoms with Crippen LogP contribution in [-0.4, -0.2) is 56.7 Å². The Morgan fingerprint density at radius 3 is 2.64 bits per heavy atom. The van der Waals surface area contributed by atoms with Crippen LogP contribution in [-0.2, 0) is 20.7 Å². The molecule has 10 heteroatoms. The third kappa shape index (κ3) is 4.37. The monoisotopic (exact) mass is 390 g/mol. The first-order chi connectivity index (χ1) is 13.4. The number of carbonyl (C=O) groups excluding carboxylic acids is 1. The van der Waals surface area contributed by atoms with E-state index in [2.05, 4.69) is 4.98 Å². The van der Waals surface area contributed by atoms with Crippen LogP contribution in [0.3, 0.4) is 0 Å². The van der Waals surface area contributed by atoms with E-state index in [9.17, 15) is 19.8 Å². The first kappa shape index (κ1) is 20.0. The number of rotatable bonds is 6. The number of carbonyl (C=O) groups is 1. The van der Waals surface area contributed by atoms with Gasteiger partial charge in [0.15, 0.2) is 6.23 Å². The number of esters is 1. The maximum absolute atomic E-state index is 12.1. The molecule has 5 atom stereocenters. The van der Waals surface area contributed by atoms with Crippen molar-refractivity contribution in [1.29, 1.82) is 0 Å². The van der Waals surface area contributed by atoms with Crippen LogP contribution in [0.1, 0.15) is 11.8 Å². The molecular weight excluding hydrogens is 368 g/mol. The van der Waals surface area contributed by atoms with Crippen molar-refractivity contribution in [3.63, 3.8) is 0 Å². The van der Waals surface area contributed by atoms with Crippen LogP contribution in [0.5, 0.6) is 0 Å². The molecule has 0 saturated carbocycles. The molecule has 6 N–H and O–H groups in total. The first-order valence-corrected chi connectivity index (χ1v) is 8.69. The number of anilines is 1. The molecule has 10 nitrogen and oxygen atoms in total. The van der Waals surface area contributed by atoms with E-state index in [4.69, 9.17) is 20.9 Å². The molecule has 1 aliphatic rings. The largest absolute Gasteiger partial charge is 0.462 e. The number of aromatic nitrogens is 2. The van der Waals surface area contributed by atoms with Crippen molar-refractivity contribution >= 4 is 11.8 Å². The third-order valence-electron chi connectivity index (χ3n) is 4.45. The highest BCUT2D eigenvalue weighted by Gasteiger charge is 2.44. The van der Waals surface area contributed by atoms with Gasteiger partial charge < -0.3 is 31.2 Å². The van der Waals surface area contributed by atoms with E-state index in [1.165, 1.54) is 12.3 Å². The molecule has 3 rings (SSSR count). The van der Waals surface area contributed by atoms with Gasteiger partial charge in [-0.1, -0.05) is 30.3 Å². The molecule has 150 valence electrons. The number of benzene rings is 1. The Morgan fingerprint density at radius 1 is 1.25 bits per heavy atom. The summed E-state index contributed by atoms with van der Waals surface area (Å²) in [5, 5.41) is 20.3. The summed E-state index contributed by atoms with van der Waals surface area (Å²) < 4.78 is 11.6. The summed E-state index contributed by atoms with van der Waals surface area (Å²) in [7, 11) is 0. The molecule has 0 radical (unpaired) electrons. The molecule has 0 amide bonds. The van der Waals surface area contributed by atoms with Gasteiger partial charge in [0.1, 0.15) is 36.8 Å². The minimum atomic E-state index is -1.41. The second-order valence-corrected chi connectivity index (χ2v) is 6.51. The van der Waals surface area contributed by atoms with Crippen LogP contribution in [0.2, 0.25) is 0 Å². The Labute approximate surface area is 160 Å². The number of hydrogen-bond acceptors (Lipinski definition) is 9. The van der Waals surface area contributed by atoms with E-state index in [0.717, 1.165) is 10.1 Å². The zero-order valence-corrected chi connectivity index (χ0v) is 14.9. The lowest BCUT2D eigenvalue weighted by atomic mass is 10.1. The summed E-state index contributed by atoms with van der Waals surface area (Å²) in [4.78, 5) is 27.6. The molecule has 28 heavy (non-hydrogen) atoms. The number of ether oxygens (including phenoxy) is 2. The molecule has 1 saturated heterocycles. The smallest absolute Gasteiger partial charge is 0.351 e. The number of aliphatic hydroxyl groups is 2. The SMILES string of the molecule is Nc1ccn(C2OC(COC(=O)C(N)Cc3ccccc3)C(O)C2O)c(=O)n1. The lowest BCUT2D eigenvalue weighted by Crippen LogP contribution is -2.39. The number of nitrogen functional groups attached to an aromatic ring is 1. The topological polar surface area (TPSA) is 163 Å². The summed E-state index contributed by atoms with van der Waals surface area (Å²) >= 11 is 0. The highest BCUT2D eigenvalue weighted by Crippen LogP contribution is 2.28. The van der Waals surface area contributed by atoms with E-state index in [1.54, 1.807) is 0 Å². The number of hydrogen-bond donors (Lipinski definition) is 4. The Kier molecular flexibility index (Phi) is 6.05. The maximum Gasteiger partial charge on any atom is 0.351 e. The summed E-state index contributed by atoms with van der Waals surface area (Å²) in [5.74, 6) is -0.643. The Bertz CT molecular complexity index is 874. The van der Waals surface area contributed by atoms with Gasteiger partial charge >= 0.3 is 11.7 Å². The number of nitrogens with zero attached hydrogens (tertiary/aromatic N) is 2. The summed E-state index contributed by atoms with van der Waals surface area (Å²) in [5.41, 5.74) is 11.4. The van der Waals surface area contributed by atoms with Crippen molar-refractivity contribution in [2.24, 2.45) is 5.73 Å². The van der Waals surface area contributed by atoms with Gasteiger partial charge in [-0.3, -0.25) is 9.36 Å². The van der Waals surface area contributed by atoms with Crippen molar-refractivity contribution in [3.05, 3.63) is 58.6 Å². The van der Waals surface area contributed by atoms with Crippen molar-refractivity contribution in [1.82, 2.24) is 9.55 Å². The predicted octanol–water partition coefficient (Wildman–Crippen LogP) is -1.44. The molecule has 0 bridgehead atoms. The summed E-state index contributed by atoms with van der Waals surface area (Å²) in [6.45, 7) is -0.326. The Hall–Kier alpha value is -2.79. The maximum atomic E-state index is 12.1. The van der Waals surface area contributed by atoms with Gasteiger partial charge in [0, 0.05) is 6.20 Å². The van der Waals surface area contributed by atoms with Crippen molar-refractivity contribution in [2.75, 3.05) is 12.3 Å². The van der Waals surface area contributed by atoms with Crippen molar-refractivity contribution < 1.29 is 24.5 Å². The molecular formula is C18H22N4O6. The second-order valence-electron chi connectivity index (χ2n) is 6.51. The van der Waals surface area contributed by atoms with Crippen LogP contribution >= 0.6 is 0 Å². The van der Waals surface area contributed by atoms with E-state index in [1.807, 2.05) is 30.3 Å². The zero-order chi connectivity index (χ0) is 20.3. The van der Waals surface area contributed by atoms with Crippen molar-refractivity contribution in [2.45, 2.75) is 37.0 Å². The van der Waals surface area contributed by atoms with Crippen LogP contribution in [0, 0.1) is 0 Å². The minimum absolute atomic E-state index is 0.0205. The lowest BCUT2D eigenvalue weighted by molar-refractivity contribution is -0.151. The first-order valence-electron chi connectivity index (χ1n) is 8.69. The molecule has 5 unspecified atom stereocenters. The third-order valence-corrected chi connectivity index (χ3v) is 4.45. The standard InChI is InChI=1S/C18H22N4O6/c19-11(8-10-4-2-1-3-5-10)17(25)27-9-12-14(23)15(24)16(28-12)22-7-6-13(20)21-18(22)26/h1-7,11-12,14-16,23-24H,8-9,19H2,(H2,20,21,26). The van der Waals surface area contributed by atoms with Gasteiger partial charge in [-0.05, 0) is 18.1 Å². The van der Waals surface area contributed by atoms with Crippen LogP contribution in [0.15, 0.2) is 47.4 Å². The molecule has 1 fully saturated rings. The van der Waals surface area contributed by atoms with Gasteiger partial charge in [-0.2, -0.15) is 4.98 Å². The quantitative estimate of drug-likeness (QED) is 0.432. The fourth-order valence-corrected chi connectivity index (χ4v) is 2.94. The fourth-order valence-electron chi connectivity index (χ4n) is 2.94. The molecule has 1 aromatic carbocycles. The van der Waals surface area contributed by atoms with E-state index in [-0.39, 0.29) is 12.4 Å². The molecule has 1 aromatic heterocycles. The highest BCUT2D eigenvalue weighted by atomic mass is 16.6. The zero-order valence-electron chi connectivity index (χ0n) is 14.9. The van der Waals surface area contributed by atoms with Gasteiger partial charge in [-0.25, -0.2) is 4.79 Å². The number of nitrogens with two attached hydrogens (primary N) is 2. The average molecular weight is 390 g/mol. The predicted molar refractivity (Wildman–Crippen MR) is 97.9 cm³/mol. The van der Waals surface area contributed by atoms with E-state index in [0.29, 0.717) is 6.42 Å². The molecule has 0 spiro atoms. The molecule has 2 aromatic rings. The van der Waals surface area contributed by atoms with Gasteiger partial charge in [0.2, 0.25) is 0 Å². The lowest BCUT2D eigenvalue weighted by Gasteiger charge is -2.17. The Balaban J connectivity index is 1.58. The van der Waals surface area contributed by atoms with Gasteiger partial charge in [0.05, 0.1) is 0 Å². The summed E-state index contributed by atoms with van der Waals surface area (Å²) in [6, 6.07) is 9.70. The normalized spacial score (nSPS) is 25.4. The fraction of sp³-hybridized carbons (Fsp3) is 0.389. The molecule has 2 heterocycles.